The lowest BCUT2D eigenvalue weighted by molar-refractivity contribution is 0.244. The molecular weight excluding hydrogens is 174 g/mol. The van der Waals surface area contributed by atoms with E-state index in [1.54, 1.807) is 0 Å². The summed E-state index contributed by atoms with van der Waals surface area (Å²) < 4.78 is 0. The molecule has 0 aromatic heterocycles. The summed E-state index contributed by atoms with van der Waals surface area (Å²) in [4.78, 5) is 2.57. The summed E-state index contributed by atoms with van der Waals surface area (Å²) in [5, 5.41) is 8.71. The van der Waals surface area contributed by atoms with Crippen LogP contribution in [-0.4, -0.2) is 36.2 Å². The first kappa shape index (κ1) is 12.0. The van der Waals surface area contributed by atoms with Gasteiger partial charge in [-0.3, -0.25) is 0 Å². The average Bonchev–Trinajstić information content (AvgIpc) is 2.43. The van der Waals surface area contributed by atoms with Crippen molar-refractivity contribution in [2.24, 2.45) is 5.92 Å². The maximum Gasteiger partial charge on any atom is 0.0431 e. The molecule has 0 aliphatic carbocycles. The van der Waals surface area contributed by atoms with Gasteiger partial charge in [-0.05, 0) is 57.7 Å². The molecule has 2 nitrogen and oxygen atoms in total. The van der Waals surface area contributed by atoms with Crippen LogP contribution in [0.15, 0.2) is 0 Å². The fourth-order valence-corrected chi connectivity index (χ4v) is 2.30. The van der Waals surface area contributed by atoms with E-state index in [9.17, 15) is 0 Å². The third-order valence-electron chi connectivity index (χ3n) is 3.40. The van der Waals surface area contributed by atoms with Gasteiger partial charge in [0.25, 0.3) is 0 Å². The van der Waals surface area contributed by atoms with E-state index in [2.05, 4.69) is 11.8 Å². The first-order valence-electron chi connectivity index (χ1n) is 6.20. The smallest absolute Gasteiger partial charge is 0.0431 e. The second kappa shape index (κ2) is 7.24. The van der Waals surface area contributed by atoms with Crippen molar-refractivity contribution in [2.45, 2.75) is 45.4 Å². The third kappa shape index (κ3) is 4.43. The van der Waals surface area contributed by atoms with E-state index >= 15 is 0 Å². The molecule has 0 amide bonds. The Hall–Kier alpha value is -0.0800. The molecule has 1 N–H and O–H groups in total. The number of unbranched alkanes of at least 4 members (excludes halogenated alkanes) is 1. The molecular formula is C12H25NO. The predicted molar refractivity (Wildman–Crippen MR) is 60.4 cm³/mol. The van der Waals surface area contributed by atoms with Crippen molar-refractivity contribution in [1.82, 2.24) is 4.90 Å². The highest BCUT2D eigenvalue weighted by atomic mass is 16.2. The zero-order chi connectivity index (χ0) is 10.2. The Morgan fingerprint density at radius 3 is 2.79 bits per heavy atom. The maximum absolute atomic E-state index is 8.71. The summed E-state index contributed by atoms with van der Waals surface area (Å²) in [5.74, 6) is 0.970. The van der Waals surface area contributed by atoms with Crippen LogP contribution in [0.2, 0.25) is 0 Å². The van der Waals surface area contributed by atoms with E-state index in [4.69, 9.17) is 5.11 Å². The molecule has 0 aromatic carbocycles. The molecule has 0 saturated carbocycles. The first-order chi connectivity index (χ1) is 6.86. The molecule has 1 atom stereocenters. The highest BCUT2D eigenvalue weighted by molar-refractivity contribution is 4.69. The van der Waals surface area contributed by atoms with Crippen molar-refractivity contribution in [3.63, 3.8) is 0 Å². The van der Waals surface area contributed by atoms with Gasteiger partial charge in [0.1, 0.15) is 0 Å². The lowest BCUT2D eigenvalue weighted by atomic mass is 9.98. The van der Waals surface area contributed by atoms with Crippen molar-refractivity contribution in [1.29, 1.82) is 0 Å². The average molecular weight is 199 g/mol. The van der Waals surface area contributed by atoms with Crippen molar-refractivity contribution in [2.75, 3.05) is 26.2 Å². The minimum Gasteiger partial charge on any atom is -0.396 e. The standard InChI is InChI=1S/C12H25NO/c1-2-12-6-5-9-13(10-7-12)8-3-4-11-14/h12,14H,2-11H2,1H3. The van der Waals surface area contributed by atoms with Crippen LogP contribution in [0.4, 0.5) is 0 Å². The molecule has 14 heavy (non-hydrogen) atoms. The molecule has 1 fully saturated rings. The van der Waals surface area contributed by atoms with E-state index in [0.717, 1.165) is 18.8 Å². The number of likely N-dealkylation sites (tertiary alicyclic amines) is 1. The van der Waals surface area contributed by atoms with Crippen LogP contribution >= 0.6 is 0 Å². The van der Waals surface area contributed by atoms with Crippen molar-refractivity contribution in [3.8, 4) is 0 Å². The second-order valence-electron chi connectivity index (χ2n) is 4.48. The van der Waals surface area contributed by atoms with Crippen LogP contribution in [0.5, 0.6) is 0 Å². The molecule has 0 radical (unpaired) electrons. The zero-order valence-corrected chi connectivity index (χ0v) is 9.54. The quantitative estimate of drug-likeness (QED) is 0.687. The lowest BCUT2D eigenvalue weighted by Gasteiger charge is -2.19. The summed E-state index contributed by atoms with van der Waals surface area (Å²) in [5.41, 5.74) is 0. The predicted octanol–water partition coefficient (Wildman–Crippen LogP) is 2.27. The van der Waals surface area contributed by atoms with Gasteiger partial charge in [-0.2, -0.15) is 0 Å². The Labute approximate surface area is 88.3 Å². The Bertz CT molecular complexity index is 138. The van der Waals surface area contributed by atoms with Gasteiger partial charge in [0.2, 0.25) is 0 Å². The number of nitrogens with zero attached hydrogens (tertiary/aromatic N) is 1. The molecule has 1 saturated heterocycles. The molecule has 2 heteroatoms. The summed E-state index contributed by atoms with van der Waals surface area (Å²) in [6.45, 7) is 6.42. The summed E-state index contributed by atoms with van der Waals surface area (Å²) >= 11 is 0. The third-order valence-corrected chi connectivity index (χ3v) is 3.40. The van der Waals surface area contributed by atoms with Gasteiger partial charge >= 0.3 is 0 Å². The molecule has 1 rings (SSSR count). The first-order valence-corrected chi connectivity index (χ1v) is 6.20. The summed E-state index contributed by atoms with van der Waals surface area (Å²) in [6.07, 6.45) is 7.66. The SMILES string of the molecule is CCC1CCCN(CCCCO)CC1. The van der Waals surface area contributed by atoms with Crippen molar-refractivity contribution in [3.05, 3.63) is 0 Å². The van der Waals surface area contributed by atoms with E-state index in [1.807, 2.05) is 0 Å². The molecule has 0 bridgehead atoms. The van der Waals surface area contributed by atoms with Gasteiger partial charge in [0.15, 0.2) is 0 Å². The highest BCUT2D eigenvalue weighted by Crippen LogP contribution is 2.20. The zero-order valence-electron chi connectivity index (χ0n) is 9.54. The van der Waals surface area contributed by atoms with E-state index in [1.165, 1.54) is 45.3 Å². The number of hydrogen-bond donors (Lipinski definition) is 1. The van der Waals surface area contributed by atoms with Crippen LogP contribution in [0, 0.1) is 5.92 Å². The van der Waals surface area contributed by atoms with E-state index in [0.29, 0.717) is 6.61 Å². The fraction of sp³-hybridized carbons (Fsp3) is 1.00. The topological polar surface area (TPSA) is 23.5 Å². The Morgan fingerprint density at radius 1 is 1.21 bits per heavy atom. The molecule has 0 spiro atoms. The van der Waals surface area contributed by atoms with Gasteiger partial charge < -0.3 is 10.0 Å². The largest absolute Gasteiger partial charge is 0.396 e. The van der Waals surface area contributed by atoms with Gasteiger partial charge in [-0.1, -0.05) is 13.3 Å². The van der Waals surface area contributed by atoms with Crippen LogP contribution in [-0.2, 0) is 0 Å². The van der Waals surface area contributed by atoms with Crippen LogP contribution in [0.25, 0.3) is 0 Å². The van der Waals surface area contributed by atoms with E-state index in [-0.39, 0.29) is 0 Å². The summed E-state index contributed by atoms with van der Waals surface area (Å²) in [7, 11) is 0. The van der Waals surface area contributed by atoms with Gasteiger partial charge in [-0.25, -0.2) is 0 Å². The molecule has 0 aromatic rings. The summed E-state index contributed by atoms with van der Waals surface area (Å²) in [6, 6.07) is 0. The minimum absolute atomic E-state index is 0.353. The van der Waals surface area contributed by atoms with E-state index < -0.39 is 0 Å². The molecule has 84 valence electrons. The van der Waals surface area contributed by atoms with Crippen LogP contribution < -0.4 is 0 Å². The Morgan fingerprint density at radius 2 is 2.07 bits per heavy atom. The Balaban J connectivity index is 2.14. The van der Waals surface area contributed by atoms with Crippen LogP contribution in [0.3, 0.4) is 0 Å². The highest BCUT2D eigenvalue weighted by Gasteiger charge is 2.14. The van der Waals surface area contributed by atoms with Crippen molar-refractivity contribution < 1.29 is 5.11 Å². The molecule has 1 aliphatic rings. The minimum atomic E-state index is 0.353. The number of hydrogen-bond acceptors (Lipinski definition) is 2. The number of aliphatic hydroxyl groups is 1. The monoisotopic (exact) mass is 199 g/mol. The molecule has 1 heterocycles. The lowest BCUT2D eigenvalue weighted by Crippen LogP contribution is -2.26. The number of rotatable bonds is 5. The Kier molecular flexibility index (Phi) is 6.20. The maximum atomic E-state index is 8.71. The number of aliphatic hydroxyl groups excluding tert-OH is 1. The van der Waals surface area contributed by atoms with Gasteiger partial charge in [0.05, 0.1) is 0 Å². The second-order valence-corrected chi connectivity index (χ2v) is 4.48. The van der Waals surface area contributed by atoms with Crippen LogP contribution in [0.1, 0.15) is 45.4 Å². The fourth-order valence-electron chi connectivity index (χ4n) is 2.30. The van der Waals surface area contributed by atoms with Crippen molar-refractivity contribution >= 4 is 0 Å². The molecule has 1 aliphatic heterocycles. The van der Waals surface area contributed by atoms with Gasteiger partial charge in [-0.15, -0.1) is 0 Å². The normalized spacial score (nSPS) is 24.9. The molecule has 1 unspecified atom stereocenters. The van der Waals surface area contributed by atoms with Gasteiger partial charge in [0, 0.05) is 6.61 Å².